The fourth-order valence-corrected chi connectivity index (χ4v) is 2.54. The molecule has 1 aliphatic heterocycles. The number of carbonyl (C=O) groups is 1. The van der Waals surface area contributed by atoms with Crippen LogP contribution in [0.1, 0.15) is 21.5 Å². The average Bonchev–Trinajstić information content (AvgIpc) is 2.95. The standard InChI is InChI=1S/C17H15BrN2O2/c18-14-7-5-12(6-8-14)17(21)22-10-9-19-16-15-4-2-1-3-13(15)11-20-16/h1-8H,9-11H2,(H,19,20). The number of esters is 1. The number of rotatable bonds is 4. The third-order valence-electron chi connectivity index (χ3n) is 3.39. The highest BCUT2D eigenvalue weighted by Crippen LogP contribution is 2.16. The minimum atomic E-state index is -0.317. The zero-order valence-corrected chi connectivity index (χ0v) is 13.5. The first kappa shape index (κ1) is 14.8. The second-order valence-corrected chi connectivity index (χ2v) is 5.81. The Balaban J connectivity index is 1.47. The fraction of sp³-hybridized carbons (Fsp3) is 0.176. The van der Waals surface area contributed by atoms with E-state index in [0.717, 1.165) is 15.9 Å². The molecule has 0 saturated heterocycles. The molecule has 5 heteroatoms. The first-order valence-corrected chi connectivity index (χ1v) is 7.82. The van der Waals surface area contributed by atoms with E-state index in [2.05, 4.69) is 32.3 Å². The normalized spacial score (nSPS) is 12.5. The van der Waals surface area contributed by atoms with Crippen LogP contribution in [0.5, 0.6) is 0 Å². The molecular weight excluding hydrogens is 344 g/mol. The first-order chi connectivity index (χ1) is 10.7. The molecule has 1 N–H and O–H groups in total. The lowest BCUT2D eigenvalue weighted by Crippen LogP contribution is -2.27. The number of hydrogen-bond acceptors (Lipinski definition) is 4. The van der Waals surface area contributed by atoms with Gasteiger partial charge in [-0.2, -0.15) is 0 Å². The molecule has 0 aliphatic carbocycles. The highest BCUT2D eigenvalue weighted by molar-refractivity contribution is 9.10. The van der Waals surface area contributed by atoms with Gasteiger partial charge < -0.3 is 10.1 Å². The predicted octanol–water partition coefficient (Wildman–Crippen LogP) is 3.16. The van der Waals surface area contributed by atoms with Crippen LogP contribution >= 0.6 is 15.9 Å². The minimum Gasteiger partial charge on any atom is -0.460 e. The highest BCUT2D eigenvalue weighted by Gasteiger charge is 2.14. The summed E-state index contributed by atoms with van der Waals surface area (Å²) in [5.74, 6) is 0.554. The Morgan fingerprint density at radius 1 is 1.18 bits per heavy atom. The first-order valence-electron chi connectivity index (χ1n) is 7.03. The number of halogens is 1. The van der Waals surface area contributed by atoms with E-state index in [0.29, 0.717) is 25.3 Å². The van der Waals surface area contributed by atoms with Gasteiger partial charge in [0.05, 0.1) is 18.7 Å². The molecule has 0 spiro atoms. The molecule has 1 aliphatic rings. The van der Waals surface area contributed by atoms with Gasteiger partial charge in [-0.25, -0.2) is 4.79 Å². The van der Waals surface area contributed by atoms with Gasteiger partial charge in [0.2, 0.25) is 0 Å². The average molecular weight is 359 g/mol. The molecule has 22 heavy (non-hydrogen) atoms. The van der Waals surface area contributed by atoms with Gasteiger partial charge in [-0.05, 0) is 29.8 Å². The van der Waals surface area contributed by atoms with Crippen LogP contribution in [0.4, 0.5) is 0 Å². The Hall–Kier alpha value is -2.14. The van der Waals surface area contributed by atoms with Gasteiger partial charge in [0.25, 0.3) is 0 Å². The Kier molecular flexibility index (Phi) is 4.53. The van der Waals surface area contributed by atoms with E-state index in [1.54, 1.807) is 12.1 Å². The molecule has 112 valence electrons. The van der Waals surface area contributed by atoms with Crippen LogP contribution in [0.15, 0.2) is 58.0 Å². The molecule has 4 nitrogen and oxygen atoms in total. The van der Waals surface area contributed by atoms with E-state index >= 15 is 0 Å². The molecular formula is C17H15BrN2O2. The quantitative estimate of drug-likeness (QED) is 0.674. The Bertz CT molecular complexity index is 711. The monoisotopic (exact) mass is 358 g/mol. The predicted molar refractivity (Wildman–Crippen MR) is 89.1 cm³/mol. The Morgan fingerprint density at radius 2 is 1.95 bits per heavy atom. The van der Waals surface area contributed by atoms with Gasteiger partial charge in [0.1, 0.15) is 12.4 Å². The minimum absolute atomic E-state index is 0.302. The van der Waals surface area contributed by atoms with E-state index in [1.807, 2.05) is 30.3 Å². The molecule has 0 fully saturated rings. The van der Waals surface area contributed by atoms with Gasteiger partial charge in [0, 0.05) is 10.0 Å². The zero-order valence-electron chi connectivity index (χ0n) is 11.9. The van der Waals surface area contributed by atoms with Crippen LogP contribution in [0, 0.1) is 0 Å². The van der Waals surface area contributed by atoms with Crippen molar-refractivity contribution in [2.24, 2.45) is 4.99 Å². The lowest BCUT2D eigenvalue weighted by Gasteiger charge is -2.08. The number of benzene rings is 2. The number of ether oxygens (including phenoxy) is 1. The van der Waals surface area contributed by atoms with Crippen LogP contribution < -0.4 is 5.32 Å². The van der Waals surface area contributed by atoms with E-state index in [-0.39, 0.29) is 5.97 Å². The summed E-state index contributed by atoms with van der Waals surface area (Å²) in [6.45, 7) is 1.54. The second-order valence-electron chi connectivity index (χ2n) is 4.89. The largest absolute Gasteiger partial charge is 0.460 e. The summed E-state index contributed by atoms with van der Waals surface area (Å²) in [6.07, 6.45) is 0. The van der Waals surface area contributed by atoms with Crippen molar-refractivity contribution in [3.8, 4) is 0 Å². The number of carbonyl (C=O) groups excluding carboxylic acids is 1. The van der Waals surface area contributed by atoms with Gasteiger partial charge in [-0.3, -0.25) is 4.99 Å². The van der Waals surface area contributed by atoms with Gasteiger partial charge >= 0.3 is 5.97 Å². The molecule has 2 aromatic rings. The molecule has 1 heterocycles. The Labute approximate surface area is 137 Å². The maximum Gasteiger partial charge on any atom is 0.338 e. The summed E-state index contributed by atoms with van der Waals surface area (Å²) in [5.41, 5.74) is 2.89. The smallest absolute Gasteiger partial charge is 0.338 e. The maximum absolute atomic E-state index is 11.9. The summed E-state index contributed by atoms with van der Waals surface area (Å²) < 4.78 is 6.18. The summed E-state index contributed by atoms with van der Waals surface area (Å²) in [7, 11) is 0. The summed E-state index contributed by atoms with van der Waals surface area (Å²) in [4.78, 5) is 16.3. The third kappa shape index (κ3) is 3.36. The van der Waals surface area contributed by atoms with Gasteiger partial charge in [0.15, 0.2) is 0 Å². The SMILES string of the molecule is O=C(OCCNC1=NCc2ccccc21)c1ccc(Br)cc1. The van der Waals surface area contributed by atoms with Crippen molar-refractivity contribution in [2.45, 2.75) is 6.54 Å². The molecule has 0 bridgehead atoms. The van der Waals surface area contributed by atoms with Crippen molar-refractivity contribution in [2.75, 3.05) is 13.2 Å². The number of amidine groups is 1. The maximum atomic E-state index is 11.9. The molecule has 0 radical (unpaired) electrons. The van der Waals surface area contributed by atoms with Crippen LogP contribution in [0.2, 0.25) is 0 Å². The van der Waals surface area contributed by atoms with E-state index in [4.69, 9.17) is 4.74 Å². The fourth-order valence-electron chi connectivity index (χ4n) is 2.27. The molecule has 0 saturated carbocycles. The van der Waals surface area contributed by atoms with Crippen LogP contribution in [0.25, 0.3) is 0 Å². The van der Waals surface area contributed by atoms with Crippen LogP contribution in [-0.4, -0.2) is 25.0 Å². The number of hydrogen-bond donors (Lipinski definition) is 1. The lowest BCUT2D eigenvalue weighted by atomic mass is 10.1. The zero-order chi connectivity index (χ0) is 15.4. The van der Waals surface area contributed by atoms with Crippen molar-refractivity contribution < 1.29 is 9.53 Å². The molecule has 0 unspecified atom stereocenters. The third-order valence-corrected chi connectivity index (χ3v) is 3.92. The van der Waals surface area contributed by atoms with Gasteiger partial charge in [-0.15, -0.1) is 0 Å². The summed E-state index contributed by atoms with van der Waals surface area (Å²) in [5, 5.41) is 3.22. The van der Waals surface area contributed by atoms with Crippen molar-refractivity contribution in [1.29, 1.82) is 0 Å². The number of fused-ring (bicyclic) bond motifs is 1. The van der Waals surface area contributed by atoms with Crippen LogP contribution in [-0.2, 0) is 11.3 Å². The van der Waals surface area contributed by atoms with Gasteiger partial charge in [-0.1, -0.05) is 40.2 Å². The van der Waals surface area contributed by atoms with E-state index in [9.17, 15) is 4.79 Å². The van der Waals surface area contributed by atoms with Crippen molar-refractivity contribution in [3.05, 3.63) is 69.7 Å². The van der Waals surface area contributed by atoms with E-state index in [1.165, 1.54) is 5.56 Å². The lowest BCUT2D eigenvalue weighted by molar-refractivity contribution is 0.0513. The van der Waals surface area contributed by atoms with Crippen molar-refractivity contribution in [3.63, 3.8) is 0 Å². The van der Waals surface area contributed by atoms with E-state index < -0.39 is 0 Å². The topological polar surface area (TPSA) is 50.7 Å². The second kappa shape index (κ2) is 6.75. The van der Waals surface area contributed by atoms with Crippen molar-refractivity contribution >= 4 is 27.7 Å². The summed E-state index contributed by atoms with van der Waals surface area (Å²) in [6, 6.07) is 15.2. The molecule has 2 aromatic carbocycles. The highest BCUT2D eigenvalue weighted by atomic mass is 79.9. The Morgan fingerprint density at radius 3 is 2.77 bits per heavy atom. The molecule has 0 amide bonds. The molecule has 3 rings (SSSR count). The van der Waals surface area contributed by atoms with Crippen LogP contribution in [0.3, 0.4) is 0 Å². The number of nitrogens with one attached hydrogen (secondary N) is 1. The molecule has 0 aromatic heterocycles. The summed E-state index contributed by atoms with van der Waals surface area (Å²) >= 11 is 3.33. The molecule has 0 atom stereocenters. The number of nitrogens with zero attached hydrogens (tertiary/aromatic N) is 1. The number of aliphatic imine (C=N–C) groups is 1. The van der Waals surface area contributed by atoms with Crippen molar-refractivity contribution in [1.82, 2.24) is 5.32 Å².